The summed E-state index contributed by atoms with van der Waals surface area (Å²) in [5.74, 6) is 1.85. The van der Waals surface area contributed by atoms with Crippen molar-refractivity contribution in [1.29, 1.82) is 0 Å². The predicted molar refractivity (Wildman–Crippen MR) is 66.7 cm³/mol. The van der Waals surface area contributed by atoms with Crippen molar-refractivity contribution in [3.63, 3.8) is 0 Å². The Bertz CT molecular complexity index is 291. The summed E-state index contributed by atoms with van der Waals surface area (Å²) in [5.41, 5.74) is 3.60. The molecule has 3 aliphatic carbocycles. The normalized spacial score (nSPS) is 38.5. The Labute approximate surface area is 94.5 Å². The van der Waals surface area contributed by atoms with Crippen LogP contribution in [0.1, 0.15) is 52.9 Å². The number of allylic oxidation sites excluding steroid dienone is 3. The molecule has 0 saturated heterocycles. The molecule has 0 aromatic carbocycles. The molecule has 15 heavy (non-hydrogen) atoms. The summed E-state index contributed by atoms with van der Waals surface area (Å²) in [6, 6.07) is 0. The van der Waals surface area contributed by atoms with Gasteiger partial charge in [0.05, 0.1) is 0 Å². The smallest absolute Gasteiger partial charge is 0.0146 e. The Kier molecular flexibility index (Phi) is 2.79. The minimum absolute atomic E-state index is 0.598. The maximum absolute atomic E-state index is 4.26. The molecule has 0 aliphatic heterocycles. The van der Waals surface area contributed by atoms with Gasteiger partial charge >= 0.3 is 0 Å². The Hall–Kier alpha value is -0.520. The van der Waals surface area contributed by atoms with Gasteiger partial charge < -0.3 is 0 Å². The lowest BCUT2D eigenvalue weighted by Crippen LogP contribution is -2.50. The topological polar surface area (TPSA) is 0 Å². The molecule has 0 N–H and O–H groups in total. The van der Waals surface area contributed by atoms with Gasteiger partial charge in [0.1, 0.15) is 0 Å². The van der Waals surface area contributed by atoms with Gasteiger partial charge in [-0.05, 0) is 63.2 Å². The van der Waals surface area contributed by atoms with Crippen LogP contribution >= 0.6 is 0 Å². The SMILES string of the molecule is C=C1CC[C@H]2C[C@@H]1[C@]2(C)CCC=C(C)C. The molecule has 3 atom stereocenters. The van der Waals surface area contributed by atoms with Crippen molar-refractivity contribution in [3.05, 3.63) is 23.8 Å². The lowest BCUT2D eigenvalue weighted by molar-refractivity contribution is -0.0507. The highest BCUT2D eigenvalue weighted by Gasteiger charge is 2.53. The maximum Gasteiger partial charge on any atom is -0.0146 e. The van der Waals surface area contributed by atoms with Crippen molar-refractivity contribution in [2.24, 2.45) is 17.3 Å². The zero-order chi connectivity index (χ0) is 11.1. The zero-order valence-corrected chi connectivity index (χ0v) is 10.5. The molecule has 0 aromatic heterocycles. The second-order valence-electron chi connectivity index (χ2n) is 6.01. The lowest BCUT2D eigenvalue weighted by atomic mass is 9.45. The summed E-state index contributed by atoms with van der Waals surface area (Å²) in [4.78, 5) is 0. The largest absolute Gasteiger partial charge is 0.0996 e. The van der Waals surface area contributed by atoms with E-state index in [1.165, 1.54) is 43.3 Å². The number of rotatable bonds is 3. The molecule has 0 radical (unpaired) electrons. The standard InChI is InChI=1S/C15H24/c1-11(2)6-5-9-15(4)13-8-7-12(3)14(15)10-13/h6,13-14H,3,5,7-10H2,1-2,4H3/t13-,14-,15+/m0/s1. The molecule has 3 saturated carbocycles. The van der Waals surface area contributed by atoms with Gasteiger partial charge in [0, 0.05) is 0 Å². The first-order valence-corrected chi connectivity index (χ1v) is 6.35. The molecule has 2 bridgehead atoms. The van der Waals surface area contributed by atoms with Crippen molar-refractivity contribution in [2.75, 3.05) is 0 Å². The molecule has 0 aromatic rings. The van der Waals surface area contributed by atoms with E-state index in [2.05, 4.69) is 33.4 Å². The summed E-state index contributed by atoms with van der Waals surface area (Å²) >= 11 is 0. The molecule has 0 heterocycles. The molecule has 3 fully saturated rings. The van der Waals surface area contributed by atoms with Crippen LogP contribution in [-0.2, 0) is 0 Å². The Morgan fingerprint density at radius 1 is 1.53 bits per heavy atom. The van der Waals surface area contributed by atoms with Gasteiger partial charge in [-0.15, -0.1) is 0 Å². The van der Waals surface area contributed by atoms with E-state index in [4.69, 9.17) is 0 Å². The van der Waals surface area contributed by atoms with Crippen LogP contribution in [0.3, 0.4) is 0 Å². The third-order valence-corrected chi connectivity index (χ3v) is 4.79. The number of hydrogen-bond acceptors (Lipinski definition) is 0. The average Bonchev–Trinajstić information content (AvgIpc) is 2.16. The molecule has 3 rings (SSSR count). The van der Waals surface area contributed by atoms with Crippen LogP contribution < -0.4 is 0 Å². The van der Waals surface area contributed by atoms with Crippen LogP contribution in [0.15, 0.2) is 23.8 Å². The monoisotopic (exact) mass is 204 g/mol. The van der Waals surface area contributed by atoms with Crippen molar-refractivity contribution in [3.8, 4) is 0 Å². The zero-order valence-electron chi connectivity index (χ0n) is 10.5. The Balaban J connectivity index is 1.96. The highest BCUT2D eigenvalue weighted by molar-refractivity contribution is 5.20. The van der Waals surface area contributed by atoms with Crippen molar-refractivity contribution in [2.45, 2.75) is 52.9 Å². The fraction of sp³-hybridized carbons (Fsp3) is 0.733. The van der Waals surface area contributed by atoms with Gasteiger partial charge in [-0.3, -0.25) is 0 Å². The lowest BCUT2D eigenvalue weighted by Gasteiger charge is -2.59. The Morgan fingerprint density at radius 3 is 2.80 bits per heavy atom. The van der Waals surface area contributed by atoms with Crippen LogP contribution in [0.4, 0.5) is 0 Å². The molecule has 0 heteroatoms. The van der Waals surface area contributed by atoms with Gasteiger partial charge in [-0.25, -0.2) is 0 Å². The first kappa shape index (κ1) is 11.0. The summed E-state index contributed by atoms with van der Waals surface area (Å²) in [6.07, 6.45) is 9.16. The minimum atomic E-state index is 0.598. The van der Waals surface area contributed by atoms with Crippen molar-refractivity contribution in [1.82, 2.24) is 0 Å². The minimum Gasteiger partial charge on any atom is -0.0996 e. The first-order valence-electron chi connectivity index (χ1n) is 6.35. The fourth-order valence-corrected chi connectivity index (χ4v) is 3.61. The van der Waals surface area contributed by atoms with Crippen LogP contribution in [-0.4, -0.2) is 0 Å². The van der Waals surface area contributed by atoms with Gasteiger partial charge in [0.2, 0.25) is 0 Å². The predicted octanol–water partition coefficient (Wildman–Crippen LogP) is 4.73. The first-order chi connectivity index (χ1) is 7.04. The molecule has 0 nitrogen and oxygen atoms in total. The summed E-state index contributed by atoms with van der Waals surface area (Å²) in [5, 5.41) is 0. The highest BCUT2D eigenvalue weighted by atomic mass is 14.6. The van der Waals surface area contributed by atoms with E-state index >= 15 is 0 Å². The van der Waals surface area contributed by atoms with Crippen LogP contribution in [0.5, 0.6) is 0 Å². The fourth-order valence-electron chi connectivity index (χ4n) is 3.61. The van der Waals surface area contributed by atoms with Crippen LogP contribution in [0, 0.1) is 17.3 Å². The van der Waals surface area contributed by atoms with E-state index in [-0.39, 0.29) is 0 Å². The van der Waals surface area contributed by atoms with Crippen molar-refractivity contribution < 1.29 is 0 Å². The molecular weight excluding hydrogens is 180 g/mol. The van der Waals surface area contributed by atoms with E-state index in [9.17, 15) is 0 Å². The third-order valence-electron chi connectivity index (χ3n) is 4.79. The second kappa shape index (κ2) is 3.81. The van der Waals surface area contributed by atoms with E-state index in [1.54, 1.807) is 0 Å². The number of hydrogen-bond donors (Lipinski definition) is 0. The molecule has 3 aliphatic rings. The quantitative estimate of drug-likeness (QED) is 0.583. The van der Waals surface area contributed by atoms with E-state index in [0.717, 1.165) is 11.8 Å². The van der Waals surface area contributed by atoms with E-state index < -0.39 is 0 Å². The van der Waals surface area contributed by atoms with Gasteiger partial charge in [-0.2, -0.15) is 0 Å². The Morgan fingerprint density at radius 2 is 2.27 bits per heavy atom. The third kappa shape index (κ3) is 1.79. The summed E-state index contributed by atoms with van der Waals surface area (Å²) < 4.78 is 0. The van der Waals surface area contributed by atoms with Crippen LogP contribution in [0.2, 0.25) is 0 Å². The van der Waals surface area contributed by atoms with Crippen molar-refractivity contribution >= 4 is 0 Å². The molecule has 0 unspecified atom stereocenters. The molecule has 0 spiro atoms. The van der Waals surface area contributed by atoms with E-state index in [1.807, 2.05) is 0 Å². The highest BCUT2D eigenvalue weighted by Crippen LogP contribution is 2.63. The summed E-state index contributed by atoms with van der Waals surface area (Å²) in [7, 11) is 0. The molecule has 0 amide bonds. The second-order valence-corrected chi connectivity index (χ2v) is 6.01. The van der Waals surface area contributed by atoms with Gasteiger partial charge in [0.15, 0.2) is 0 Å². The average molecular weight is 204 g/mol. The summed E-state index contributed by atoms with van der Waals surface area (Å²) in [6.45, 7) is 11.1. The van der Waals surface area contributed by atoms with Gasteiger partial charge in [-0.1, -0.05) is 30.7 Å². The number of fused-ring (bicyclic) bond motifs is 2. The van der Waals surface area contributed by atoms with E-state index in [0.29, 0.717) is 5.41 Å². The molecular formula is C15H24. The van der Waals surface area contributed by atoms with Crippen LogP contribution in [0.25, 0.3) is 0 Å². The van der Waals surface area contributed by atoms with Gasteiger partial charge in [0.25, 0.3) is 0 Å². The maximum atomic E-state index is 4.26. The molecule has 84 valence electrons.